The molecule has 0 aromatic heterocycles. The molecule has 3 heteroatoms. The SMILES string of the molecule is CCNC12C[C@@H]3C[C@@H](CC(O)(C3)C1)C2.Cl. The highest BCUT2D eigenvalue weighted by atomic mass is 35.5. The molecule has 0 heterocycles. The van der Waals surface area contributed by atoms with Gasteiger partial charge in [0.1, 0.15) is 0 Å². The van der Waals surface area contributed by atoms with E-state index in [1.165, 1.54) is 19.3 Å². The monoisotopic (exact) mass is 231 g/mol. The third-order valence-corrected chi connectivity index (χ3v) is 4.58. The van der Waals surface area contributed by atoms with E-state index in [9.17, 15) is 5.11 Å². The van der Waals surface area contributed by atoms with E-state index < -0.39 is 0 Å². The minimum absolute atomic E-state index is 0. The number of rotatable bonds is 2. The highest BCUT2D eigenvalue weighted by molar-refractivity contribution is 5.85. The summed E-state index contributed by atoms with van der Waals surface area (Å²) in [6.45, 7) is 3.23. The van der Waals surface area contributed by atoms with Gasteiger partial charge in [-0.2, -0.15) is 0 Å². The van der Waals surface area contributed by atoms with Crippen molar-refractivity contribution in [1.82, 2.24) is 5.32 Å². The average molecular weight is 232 g/mol. The van der Waals surface area contributed by atoms with Crippen LogP contribution >= 0.6 is 12.4 Å². The molecule has 0 radical (unpaired) electrons. The van der Waals surface area contributed by atoms with Crippen LogP contribution in [0.3, 0.4) is 0 Å². The van der Waals surface area contributed by atoms with Crippen molar-refractivity contribution < 1.29 is 5.11 Å². The highest BCUT2D eigenvalue weighted by Crippen LogP contribution is 2.57. The molecule has 4 fully saturated rings. The quantitative estimate of drug-likeness (QED) is 0.763. The van der Waals surface area contributed by atoms with Crippen LogP contribution in [0.1, 0.15) is 45.4 Å². The summed E-state index contributed by atoms with van der Waals surface area (Å²) in [6.07, 6.45) is 7.20. The van der Waals surface area contributed by atoms with Crippen molar-refractivity contribution >= 4 is 12.4 Å². The van der Waals surface area contributed by atoms with Gasteiger partial charge in [-0.1, -0.05) is 6.92 Å². The lowest BCUT2D eigenvalue weighted by atomic mass is 9.51. The molecule has 0 aromatic carbocycles. The first kappa shape index (κ1) is 11.7. The van der Waals surface area contributed by atoms with Gasteiger partial charge in [-0.05, 0) is 56.9 Å². The summed E-state index contributed by atoms with van der Waals surface area (Å²) in [5, 5.41) is 14.1. The predicted octanol–water partition coefficient (Wildman–Crippen LogP) is 2.10. The summed E-state index contributed by atoms with van der Waals surface area (Å²) < 4.78 is 0. The molecule has 88 valence electrons. The first-order valence-corrected chi connectivity index (χ1v) is 6.11. The third-order valence-electron chi connectivity index (χ3n) is 4.58. The lowest BCUT2D eigenvalue weighted by Gasteiger charge is -2.60. The summed E-state index contributed by atoms with van der Waals surface area (Å²) in [6, 6.07) is 0. The van der Waals surface area contributed by atoms with E-state index in [2.05, 4.69) is 12.2 Å². The normalized spacial score (nSPS) is 51.6. The van der Waals surface area contributed by atoms with Crippen molar-refractivity contribution in [3.63, 3.8) is 0 Å². The maximum atomic E-state index is 10.5. The molecule has 0 amide bonds. The molecule has 0 saturated heterocycles. The van der Waals surface area contributed by atoms with E-state index in [4.69, 9.17) is 0 Å². The second kappa shape index (κ2) is 3.61. The Labute approximate surface area is 98.2 Å². The van der Waals surface area contributed by atoms with Crippen LogP contribution in [-0.2, 0) is 0 Å². The molecular weight excluding hydrogens is 210 g/mol. The van der Waals surface area contributed by atoms with Crippen LogP contribution in [0.5, 0.6) is 0 Å². The molecule has 2 nitrogen and oxygen atoms in total. The second-order valence-electron chi connectivity index (χ2n) is 6.00. The maximum Gasteiger partial charge on any atom is 0.0670 e. The molecular formula is C12H22ClNO. The largest absolute Gasteiger partial charge is 0.390 e. The fraction of sp³-hybridized carbons (Fsp3) is 1.00. The first-order valence-electron chi connectivity index (χ1n) is 6.11. The van der Waals surface area contributed by atoms with E-state index in [1.54, 1.807) is 0 Å². The van der Waals surface area contributed by atoms with Gasteiger partial charge in [0.2, 0.25) is 0 Å². The number of hydrogen-bond donors (Lipinski definition) is 2. The molecule has 4 bridgehead atoms. The van der Waals surface area contributed by atoms with Gasteiger partial charge < -0.3 is 10.4 Å². The van der Waals surface area contributed by atoms with Crippen LogP contribution in [0, 0.1) is 11.8 Å². The van der Waals surface area contributed by atoms with Gasteiger partial charge in [0.05, 0.1) is 5.60 Å². The van der Waals surface area contributed by atoms with E-state index in [0.29, 0.717) is 5.54 Å². The van der Waals surface area contributed by atoms with Crippen LogP contribution in [0.2, 0.25) is 0 Å². The van der Waals surface area contributed by atoms with Gasteiger partial charge in [-0.3, -0.25) is 0 Å². The zero-order valence-electron chi connectivity index (χ0n) is 9.46. The van der Waals surface area contributed by atoms with Crippen LogP contribution in [-0.4, -0.2) is 22.8 Å². The highest BCUT2D eigenvalue weighted by Gasteiger charge is 2.56. The average Bonchev–Trinajstić information content (AvgIpc) is 1.97. The third kappa shape index (κ3) is 1.81. The standard InChI is InChI=1S/C12H21NO.ClH/c1-2-13-11-4-9-3-10(5-11)7-12(14,6-9)8-11;/h9-10,13-14H,2-8H2,1H3;1H/t9-,10+,11?,12?;. The van der Waals surface area contributed by atoms with Crippen LogP contribution < -0.4 is 5.32 Å². The van der Waals surface area contributed by atoms with Crippen molar-refractivity contribution in [2.75, 3.05) is 6.54 Å². The zero-order chi connectivity index (χ0) is 9.81. The van der Waals surface area contributed by atoms with Gasteiger partial charge in [0.15, 0.2) is 0 Å². The Balaban J connectivity index is 0.000000853. The molecule has 15 heavy (non-hydrogen) atoms. The summed E-state index contributed by atoms with van der Waals surface area (Å²) >= 11 is 0. The molecule has 4 saturated carbocycles. The lowest BCUT2D eigenvalue weighted by molar-refractivity contribution is -0.141. The minimum atomic E-state index is -0.299. The van der Waals surface area contributed by atoms with E-state index >= 15 is 0 Å². The fourth-order valence-electron chi connectivity index (χ4n) is 4.80. The number of aliphatic hydroxyl groups is 1. The van der Waals surface area contributed by atoms with Crippen molar-refractivity contribution in [3.05, 3.63) is 0 Å². The number of hydrogen-bond acceptors (Lipinski definition) is 2. The van der Waals surface area contributed by atoms with Gasteiger partial charge >= 0.3 is 0 Å². The summed E-state index contributed by atoms with van der Waals surface area (Å²) in [4.78, 5) is 0. The second-order valence-corrected chi connectivity index (χ2v) is 6.00. The van der Waals surface area contributed by atoms with Crippen LogP contribution in [0.4, 0.5) is 0 Å². The van der Waals surface area contributed by atoms with E-state index in [-0.39, 0.29) is 18.0 Å². The summed E-state index contributed by atoms with van der Waals surface area (Å²) in [5.41, 5.74) is 0.0137. The number of nitrogens with one attached hydrogen (secondary N) is 1. The van der Waals surface area contributed by atoms with Crippen molar-refractivity contribution in [1.29, 1.82) is 0 Å². The Morgan fingerprint density at radius 1 is 1.20 bits per heavy atom. The molecule has 0 spiro atoms. The maximum absolute atomic E-state index is 10.5. The van der Waals surface area contributed by atoms with E-state index in [0.717, 1.165) is 37.6 Å². The van der Waals surface area contributed by atoms with Gasteiger partial charge in [0.25, 0.3) is 0 Å². The molecule has 4 rings (SSSR count). The predicted molar refractivity (Wildman–Crippen MR) is 63.3 cm³/mol. The Hall–Kier alpha value is 0.210. The summed E-state index contributed by atoms with van der Waals surface area (Å²) in [5.74, 6) is 1.61. The van der Waals surface area contributed by atoms with Crippen LogP contribution in [0.15, 0.2) is 0 Å². The van der Waals surface area contributed by atoms with Crippen LogP contribution in [0.25, 0.3) is 0 Å². The molecule has 2 unspecified atom stereocenters. The van der Waals surface area contributed by atoms with E-state index in [1.807, 2.05) is 0 Å². The van der Waals surface area contributed by atoms with Crippen molar-refractivity contribution in [3.8, 4) is 0 Å². The number of halogens is 1. The molecule has 4 aliphatic carbocycles. The Morgan fingerprint density at radius 2 is 1.80 bits per heavy atom. The summed E-state index contributed by atoms with van der Waals surface area (Å²) in [7, 11) is 0. The molecule has 4 atom stereocenters. The van der Waals surface area contributed by atoms with Crippen molar-refractivity contribution in [2.24, 2.45) is 11.8 Å². The topological polar surface area (TPSA) is 32.3 Å². The molecule has 4 aliphatic rings. The molecule has 2 N–H and O–H groups in total. The van der Waals surface area contributed by atoms with Gasteiger partial charge in [-0.25, -0.2) is 0 Å². The lowest BCUT2D eigenvalue weighted by Crippen LogP contribution is -2.64. The van der Waals surface area contributed by atoms with Crippen molar-refractivity contribution in [2.45, 2.75) is 56.6 Å². The molecule has 0 aromatic rings. The molecule has 0 aliphatic heterocycles. The van der Waals surface area contributed by atoms with Gasteiger partial charge in [-0.15, -0.1) is 12.4 Å². The first-order chi connectivity index (χ1) is 6.63. The Bertz CT molecular complexity index is 242. The fourth-order valence-corrected chi connectivity index (χ4v) is 4.80. The minimum Gasteiger partial charge on any atom is -0.390 e. The zero-order valence-corrected chi connectivity index (χ0v) is 10.3. The smallest absolute Gasteiger partial charge is 0.0670 e. The Kier molecular flexibility index (Phi) is 2.81. The Morgan fingerprint density at radius 3 is 2.27 bits per heavy atom. The van der Waals surface area contributed by atoms with Gasteiger partial charge in [0, 0.05) is 5.54 Å².